The largest absolute Gasteiger partial charge is 0.508 e. The van der Waals surface area contributed by atoms with Gasteiger partial charge in [0, 0.05) is 6.42 Å². The van der Waals surface area contributed by atoms with Crippen LogP contribution in [0.2, 0.25) is 0 Å². The number of methoxy groups -OCH3 is 1. The highest BCUT2D eigenvalue weighted by atomic mass is 16.5. The molecule has 0 aliphatic carbocycles. The van der Waals surface area contributed by atoms with Crippen molar-refractivity contribution >= 4 is 11.9 Å². The van der Waals surface area contributed by atoms with Crippen LogP contribution in [-0.4, -0.2) is 42.7 Å². The summed E-state index contributed by atoms with van der Waals surface area (Å²) in [5, 5.41) is 16.1. The van der Waals surface area contributed by atoms with Crippen LogP contribution in [-0.2, 0) is 26.2 Å². The summed E-state index contributed by atoms with van der Waals surface area (Å²) in [6, 6.07) is 15.6. The molecule has 3 N–H and O–H groups in total. The number of ether oxygens (including phenoxy) is 1. The number of amides is 1. The second-order valence-corrected chi connectivity index (χ2v) is 8.31. The van der Waals surface area contributed by atoms with Crippen molar-refractivity contribution in [3.63, 3.8) is 0 Å². The van der Waals surface area contributed by atoms with E-state index in [0.29, 0.717) is 19.4 Å². The van der Waals surface area contributed by atoms with Crippen molar-refractivity contribution in [1.29, 1.82) is 0 Å². The first kappa shape index (κ1) is 21.8. The van der Waals surface area contributed by atoms with Gasteiger partial charge in [0.25, 0.3) is 0 Å². The van der Waals surface area contributed by atoms with Gasteiger partial charge < -0.3 is 20.5 Å². The lowest BCUT2D eigenvalue weighted by atomic mass is 9.66. The summed E-state index contributed by atoms with van der Waals surface area (Å²) in [5.41, 5.74) is 1.66. The number of piperidine rings is 1. The second-order valence-electron chi connectivity index (χ2n) is 8.31. The molecule has 1 aliphatic heterocycles. The number of hydrogen-bond acceptors (Lipinski definition) is 5. The number of phenolic OH excluding ortho intramolecular Hbond substituents is 1. The van der Waals surface area contributed by atoms with Gasteiger partial charge in [-0.2, -0.15) is 0 Å². The van der Waals surface area contributed by atoms with Crippen molar-refractivity contribution in [3.05, 3.63) is 65.7 Å². The number of nitrogens with one attached hydrogen (secondary N) is 2. The molecule has 2 aromatic carbocycles. The molecule has 1 amide bonds. The van der Waals surface area contributed by atoms with Gasteiger partial charge in [0.2, 0.25) is 5.91 Å². The van der Waals surface area contributed by atoms with Gasteiger partial charge in [-0.15, -0.1) is 0 Å². The lowest BCUT2D eigenvalue weighted by Gasteiger charge is -2.44. The normalized spacial score (nSPS) is 24.6. The fourth-order valence-corrected chi connectivity index (χ4v) is 4.15. The average molecular weight is 411 g/mol. The summed E-state index contributed by atoms with van der Waals surface area (Å²) in [7, 11) is 1.33. The predicted molar refractivity (Wildman–Crippen MR) is 115 cm³/mol. The Kier molecular flexibility index (Phi) is 6.77. The van der Waals surface area contributed by atoms with E-state index >= 15 is 0 Å². The minimum Gasteiger partial charge on any atom is -0.508 e. The Labute approximate surface area is 177 Å². The second kappa shape index (κ2) is 9.30. The number of rotatable bonds is 6. The third-order valence-corrected chi connectivity index (χ3v) is 6.29. The van der Waals surface area contributed by atoms with Crippen LogP contribution in [0.4, 0.5) is 0 Å². The lowest BCUT2D eigenvalue weighted by Crippen LogP contribution is -2.58. The number of aromatic hydroxyl groups is 1. The molecule has 6 heteroatoms. The SMILES string of the molecule is COC(=O)[C@@H](Cc1ccccc1)NC(=O)[C@H]1CC(C)(c2cccc(O)c2)[C@@H](C)CN1. The van der Waals surface area contributed by atoms with E-state index in [2.05, 4.69) is 24.5 Å². The molecule has 0 radical (unpaired) electrons. The van der Waals surface area contributed by atoms with Crippen LogP contribution in [0.1, 0.15) is 31.4 Å². The number of carbonyl (C=O) groups is 2. The molecule has 1 fully saturated rings. The molecule has 6 nitrogen and oxygen atoms in total. The van der Waals surface area contributed by atoms with Gasteiger partial charge in [0.1, 0.15) is 11.8 Å². The predicted octanol–water partition coefficient (Wildman–Crippen LogP) is 2.55. The summed E-state index contributed by atoms with van der Waals surface area (Å²) in [6.07, 6.45) is 0.925. The Morgan fingerprint density at radius 3 is 2.63 bits per heavy atom. The smallest absolute Gasteiger partial charge is 0.328 e. The minimum atomic E-state index is -0.752. The van der Waals surface area contributed by atoms with Gasteiger partial charge in [-0.3, -0.25) is 4.79 Å². The van der Waals surface area contributed by atoms with Crippen LogP contribution >= 0.6 is 0 Å². The van der Waals surface area contributed by atoms with E-state index < -0.39 is 18.1 Å². The number of phenols is 1. The van der Waals surface area contributed by atoms with Gasteiger partial charge >= 0.3 is 5.97 Å². The first-order valence-electron chi connectivity index (χ1n) is 10.3. The monoisotopic (exact) mass is 410 g/mol. The molecule has 1 unspecified atom stereocenters. The molecule has 0 aromatic heterocycles. The summed E-state index contributed by atoms with van der Waals surface area (Å²) in [5.74, 6) is -0.204. The van der Waals surface area contributed by atoms with Crippen molar-refractivity contribution in [1.82, 2.24) is 10.6 Å². The van der Waals surface area contributed by atoms with Crippen molar-refractivity contribution in [3.8, 4) is 5.75 Å². The Hall–Kier alpha value is -2.86. The van der Waals surface area contributed by atoms with E-state index in [-0.39, 0.29) is 23.0 Å². The lowest BCUT2D eigenvalue weighted by molar-refractivity contribution is -0.145. The zero-order valence-electron chi connectivity index (χ0n) is 17.7. The fourth-order valence-electron chi connectivity index (χ4n) is 4.15. The highest BCUT2D eigenvalue weighted by Crippen LogP contribution is 2.40. The third-order valence-electron chi connectivity index (χ3n) is 6.29. The van der Waals surface area contributed by atoms with Crippen LogP contribution in [0.3, 0.4) is 0 Å². The van der Waals surface area contributed by atoms with E-state index in [9.17, 15) is 14.7 Å². The van der Waals surface area contributed by atoms with Crippen LogP contribution in [0.5, 0.6) is 5.75 Å². The maximum Gasteiger partial charge on any atom is 0.328 e. The average Bonchev–Trinajstić information content (AvgIpc) is 2.75. The molecule has 1 aliphatic rings. The first-order valence-corrected chi connectivity index (χ1v) is 10.3. The van der Waals surface area contributed by atoms with Gasteiger partial charge in [0.05, 0.1) is 13.2 Å². The van der Waals surface area contributed by atoms with Crippen molar-refractivity contribution < 1.29 is 19.4 Å². The molecule has 30 heavy (non-hydrogen) atoms. The van der Waals surface area contributed by atoms with E-state index in [4.69, 9.17) is 4.74 Å². The van der Waals surface area contributed by atoms with Crippen LogP contribution < -0.4 is 10.6 Å². The summed E-state index contributed by atoms with van der Waals surface area (Å²) in [4.78, 5) is 25.4. The van der Waals surface area contributed by atoms with Crippen LogP contribution in [0, 0.1) is 5.92 Å². The maximum atomic E-state index is 13.1. The molecule has 4 atom stereocenters. The van der Waals surface area contributed by atoms with Gasteiger partial charge in [-0.25, -0.2) is 4.79 Å². The third kappa shape index (κ3) is 4.82. The van der Waals surface area contributed by atoms with Crippen LogP contribution in [0.25, 0.3) is 0 Å². The first-order chi connectivity index (χ1) is 14.3. The Bertz CT molecular complexity index is 886. The zero-order chi connectivity index (χ0) is 21.7. The zero-order valence-corrected chi connectivity index (χ0v) is 17.7. The molecule has 1 saturated heterocycles. The van der Waals surface area contributed by atoms with Gasteiger partial charge in [-0.1, -0.05) is 56.3 Å². The maximum absolute atomic E-state index is 13.1. The summed E-state index contributed by atoms with van der Waals surface area (Å²) in [6.45, 7) is 4.92. The minimum absolute atomic E-state index is 0.217. The van der Waals surface area contributed by atoms with E-state index in [1.165, 1.54) is 7.11 Å². The van der Waals surface area contributed by atoms with Gasteiger partial charge in [0.15, 0.2) is 0 Å². The van der Waals surface area contributed by atoms with Crippen LogP contribution in [0.15, 0.2) is 54.6 Å². The number of hydrogen-bond donors (Lipinski definition) is 3. The standard InChI is InChI=1S/C24H30N2O4/c1-16-15-25-21(14-24(16,2)18-10-7-11-19(27)13-18)22(28)26-20(23(29)30-3)12-17-8-5-4-6-9-17/h4-11,13,16,20-21,25,27H,12,14-15H2,1-3H3,(H,26,28)/t16-,20+,21+,24?/m0/s1. The number of esters is 1. The molecule has 2 aromatic rings. The molecule has 0 bridgehead atoms. The molecular weight excluding hydrogens is 380 g/mol. The van der Waals surface area contributed by atoms with E-state index in [1.807, 2.05) is 42.5 Å². The molecule has 1 heterocycles. The Morgan fingerprint density at radius 1 is 1.23 bits per heavy atom. The molecule has 3 rings (SSSR count). The summed E-state index contributed by atoms with van der Waals surface area (Å²) >= 11 is 0. The van der Waals surface area contributed by atoms with E-state index in [0.717, 1.165) is 11.1 Å². The molecule has 160 valence electrons. The highest BCUT2D eigenvalue weighted by Gasteiger charge is 2.42. The quantitative estimate of drug-likeness (QED) is 0.637. The van der Waals surface area contributed by atoms with Crippen molar-refractivity contribution in [2.24, 2.45) is 5.92 Å². The molecular formula is C24H30N2O4. The Morgan fingerprint density at radius 2 is 1.97 bits per heavy atom. The number of carbonyl (C=O) groups excluding carboxylic acids is 2. The highest BCUT2D eigenvalue weighted by molar-refractivity contribution is 5.88. The molecule has 0 spiro atoms. The fraction of sp³-hybridized carbons (Fsp3) is 0.417. The van der Waals surface area contributed by atoms with Crippen molar-refractivity contribution in [2.75, 3.05) is 13.7 Å². The summed E-state index contributed by atoms with van der Waals surface area (Å²) < 4.78 is 4.91. The number of benzene rings is 2. The molecule has 0 saturated carbocycles. The topological polar surface area (TPSA) is 87.7 Å². The van der Waals surface area contributed by atoms with Gasteiger partial charge in [-0.05, 0) is 47.6 Å². The van der Waals surface area contributed by atoms with Crippen molar-refractivity contribution in [2.45, 2.75) is 44.2 Å². The Balaban J connectivity index is 1.75. The van der Waals surface area contributed by atoms with E-state index in [1.54, 1.807) is 12.1 Å².